The van der Waals surface area contributed by atoms with Gasteiger partial charge in [0.25, 0.3) is 0 Å². The standard InChI is InChI=1S/C17H28N2O4S/c1-3-19(13-6-8-24(22,23)11-13)17(21)15-9-14(15)16(20)18-7-4-5-12(2)10-18/h12-15H,3-11H2,1-2H3. The number of carbonyl (C=O) groups is 2. The molecule has 4 atom stereocenters. The summed E-state index contributed by atoms with van der Waals surface area (Å²) in [5, 5.41) is 0. The van der Waals surface area contributed by atoms with Crippen molar-refractivity contribution in [3.8, 4) is 0 Å². The lowest BCUT2D eigenvalue weighted by Gasteiger charge is -2.31. The molecular weight excluding hydrogens is 328 g/mol. The van der Waals surface area contributed by atoms with Crippen molar-refractivity contribution >= 4 is 21.7 Å². The number of likely N-dealkylation sites (tertiary alicyclic amines) is 1. The number of hydrogen-bond acceptors (Lipinski definition) is 4. The summed E-state index contributed by atoms with van der Waals surface area (Å²) in [7, 11) is -3.01. The lowest BCUT2D eigenvalue weighted by Crippen LogP contribution is -2.43. The maximum absolute atomic E-state index is 12.8. The first-order valence-electron chi connectivity index (χ1n) is 9.12. The minimum absolute atomic E-state index is 0.0250. The summed E-state index contributed by atoms with van der Waals surface area (Å²) in [6.07, 6.45) is 3.35. The van der Waals surface area contributed by atoms with E-state index in [1.807, 2.05) is 11.8 Å². The first-order chi connectivity index (χ1) is 11.3. The summed E-state index contributed by atoms with van der Waals surface area (Å²) in [6.45, 7) is 6.16. The second-order valence-corrected chi connectivity index (χ2v) is 9.89. The molecule has 3 rings (SSSR count). The summed E-state index contributed by atoms with van der Waals surface area (Å²) in [5.74, 6) is 0.444. The van der Waals surface area contributed by atoms with Crippen LogP contribution < -0.4 is 0 Å². The summed E-state index contributed by atoms with van der Waals surface area (Å²) in [5.41, 5.74) is 0. The van der Waals surface area contributed by atoms with Crippen LogP contribution in [0.2, 0.25) is 0 Å². The van der Waals surface area contributed by atoms with Crippen LogP contribution in [0.15, 0.2) is 0 Å². The Morgan fingerprint density at radius 1 is 1.21 bits per heavy atom. The van der Waals surface area contributed by atoms with Crippen LogP contribution in [-0.4, -0.2) is 67.2 Å². The summed E-state index contributed by atoms with van der Waals surface area (Å²) in [4.78, 5) is 29.0. The molecule has 2 saturated heterocycles. The van der Waals surface area contributed by atoms with Crippen molar-refractivity contribution in [3.63, 3.8) is 0 Å². The first-order valence-corrected chi connectivity index (χ1v) is 10.9. The average molecular weight is 356 g/mol. The fourth-order valence-corrected chi connectivity index (χ4v) is 5.92. The molecule has 0 bridgehead atoms. The molecule has 2 amide bonds. The number of carbonyl (C=O) groups excluding carboxylic acids is 2. The van der Waals surface area contributed by atoms with E-state index in [9.17, 15) is 18.0 Å². The average Bonchev–Trinajstić information content (AvgIpc) is 3.25. The SMILES string of the molecule is CCN(C(=O)C1CC1C(=O)N1CCCC(C)C1)C1CCS(=O)(=O)C1. The van der Waals surface area contributed by atoms with Crippen LogP contribution in [0, 0.1) is 17.8 Å². The van der Waals surface area contributed by atoms with E-state index < -0.39 is 9.84 Å². The van der Waals surface area contributed by atoms with Gasteiger partial charge in [-0.25, -0.2) is 8.42 Å². The smallest absolute Gasteiger partial charge is 0.226 e. The van der Waals surface area contributed by atoms with Gasteiger partial charge < -0.3 is 9.80 Å². The van der Waals surface area contributed by atoms with Crippen LogP contribution in [0.5, 0.6) is 0 Å². The second kappa shape index (κ2) is 6.65. The Kier molecular flexibility index (Phi) is 4.91. The fourth-order valence-electron chi connectivity index (χ4n) is 4.19. The zero-order valence-electron chi connectivity index (χ0n) is 14.6. The highest BCUT2D eigenvalue weighted by Crippen LogP contribution is 2.42. The number of piperidine rings is 1. The number of rotatable bonds is 4. The van der Waals surface area contributed by atoms with Gasteiger partial charge >= 0.3 is 0 Å². The van der Waals surface area contributed by atoms with E-state index in [4.69, 9.17) is 0 Å². The lowest BCUT2D eigenvalue weighted by atomic mass is 10.00. The van der Waals surface area contributed by atoms with Gasteiger partial charge in [-0.05, 0) is 38.5 Å². The zero-order valence-corrected chi connectivity index (χ0v) is 15.4. The van der Waals surface area contributed by atoms with E-state index in [2.05, 4.69) is 6.92 Å². The maximum atomic E-state index is 12.8. The van der Waals surface area contributed by atoms with Crippen LogP contribution >= 0.6 is 0 Å². The molecule has 6 nitrogen and oxygen atoms in total. The van der Waals surface area contributed by atoms with Gasteiger partial charge in [0.05, 0.1) is 23.3 Å². The molecule has 0 aromatic rings. The van der Waals surface area contributed by atoms with Crippen LogP contribution in [0.3, 0.4) is 0 Å². The number of nitrogens with zero attached hydrogens (tertiary/aromatic N) is 2. The predicted molar refractivity (Wildman–Crippen MR) is 91.0 cm³/mol. The third kappa shape index (κ3) is 3.60. The third-order valence-corrected chi connectivity index (χ3v) is 7.42. The molecular formula is C17H28N2O4S. The molecule has 2 aliphatic heterocycles. The van der Waals surface area contributed by atoms with E-state index in [1.54, 1.807) is 4.90 Å². The second-order valence-electron chi connectivity index (χ2n) is 7.66. The Morgan fingerprint density at radius 3 is 2.54 bits per heavy atom. The first kappa shape index (κ1) is 17.7. The molecule has 3 fully saturated rings. The van der Waals surface area contributed by atoms with Crippen molar-refractivity contribution < 1.29 is 18.0 Å². The number of sulfone groups is 1. The molecule has 1 aliphatic carbocycles. The third-order valence-electron chi connectivity index (χ3n) is 5.67. The number of amides is 2. The minimum atomic E-state index is -3.01. The quantitative estimate of drug-likeness (QED) is 0.751. The van der Waals surface area contributed by atoms with Crippen LogP contribution in [-0.2, 0) is 19.4 Å². The van der Waals surface area contributed by atoms with Crippen LogP contribution in [0.25, 0.3) is 0 Å². The van der Waals surface area contributed by atoms with Crippen molar-refractivity contribution in [2.75, 3.05) is 31.1 Å². The lowest BCUT2D eigenvalue weighted by molar-refractivity contribution is -0.139. The van der Waals surface area contributed by atoms with Crippen molar-refractivity contribution in [1.82, 2.24) is 9.80 Å². The van der Waals surface area contributed by atoms with Crippen molar-refractivity contribution in [2.45, 2.75) is 45.6 Å². The summed E-state index contributed by atoms with van der Waals surface area (Å²) < 4.78 is 23.4. The molecule has 4 unspecified atom stereocenters. The fraction of sp³-hybridized carbons (Fsp3) is 0.882. The highest BCUT2D eigenvalue weighted by Gasteiger charge is 2.52. The van der Waals surface area contributed by atoms with Gasteiger partial charge in [-0.1, -0.05) is 6.92 Å². The highest BCUT2D eigenvalue weighted by molar-refractivity contribution is 7.91. The molecule has 0 N–H and O–H groups in total. The van der Waals surface area contributed by atoms with Crippen LogP contribution in [0.4, 0.5) is 0 Å². The molecule has 3 aliphatic rings. The molecule has 0 radical (unpaired) electrons. The Bertz CT molecular complexity index is 618. The Hall–Kier alpha value is -1.11. The van der Waals surface area contributed by atoms with E-state index in [0.29, 0.717) is 25.3 Å². The van der Waals surface area contributed by atoms with Gasteiger partial charge in [0.1, 0.15) is 0 Å². The molecule has 0 spiro atoms. The van der Waals surface area contributed by atoms with Gasteiger partial charge in [-0.3, -0.25) is 9.59 Å². The maximum Gasteiger partial charge on any atom is 0.226 e. The monoisotopic (exact) mass is 356 g/mol. The van der Waals surface area contributed by atoms with E-state index >= 15 is 0 Å². The molecule has 7 heteroatoms. The predicted octanol–water partition coefficient (Wildman–Crippen LogP) is 0.917. The normalized spacial score (nSPS) is 34.8. The van der Waals surface area contributed by atoms with Gasteiger partial charge in [0.15, 0.2) is 9.84 Å². The highest BCUT2D eigenvalue weighted by atomic mass is 32.2. The molecule has 136 valence electrons. The number of hydrogen-bond donors (Lipinski definition) is 0. The summed E-state index contributed by atoms with van der Waals surface area (Å²) >= 11 is 0. The zero-order chi connectivity index (χ0) is 17.5. The van der Waals surface area contributed by atoms with Gasteiger partial charge in [-0.15, -0.1) is 0 Å². The van der Waals surface area contributed by atoms with Gasteiger partial charge in [0.2, 0.25) is 11.8 Å². The van der Waals surface area contributed by atoms with Crippen molar-refractivity contribution in [3.05, 3.63) is 0 Å². The molecule has 24 heavy (non-hydrogen) atoms. The summed E-state index contributed by atoms with van der Waals surface area (Å²) in [6, 6.07) is -0.209. The van der Waals surface area contributed by atoms with E-state index in [-0.39, 0.29) is 41.2 Å². The molecule has 0 aromatic carbocycles. The Labute approximate surface area is 144 Å². The van der Waals surface area contributed by atoms with Gasteiger partial charge in [-0.2, -0.15) is 0 Å². The topological polar surface area (TPSA) is 74.8 Å². The van der Waals surface area contributed by atoms with Crippen molar-refractivity contribution in [2.24, 2.45) is 17.8 Å². The Balaban J connectivity index is 1.59. The molecule has 0 aromatic heterocycles. The van der Waals surface area contributed by atoms with Crippen LogP contribution in [0.1, 0.15) is 39.5 Å². The van der Waals surface area contributed by atoms with E-state index in [1.165, 1.54) is 0 Å². The molecule has 2 heterocycles. The Morgan fingerprint density at radius 2 is 1.96 bits per heavy atom. The minimum Gasteiger partial charge on any atom is -0.342 e. The van der Waals surface area contributed by atoms with E-state index in [0.717, 1.165) is 25.9 Å². The van der Waals surface area contributed by atoms with Crippen molar-refractivity contribution in [1.29, 1.82) is 0 Å². The largest absolute Gasteiger partial charge is 0.342 e. The van der Waals surface area contributed by atoms with Gasteiger partial charge in [0, 0.05) is 25.7 Å². The molecule has 1 saturated carbocycles.